The van der Waals surface area contributed by atoms with E-state index in [-0.39, 0.29) is 17.8 Å². The fraction of sp³-hybridized carbons (Fsp3) is 0.381. The molecule has 1 aliphatic rings. The van der Waals surface area contributed by atoms with Crippen molar-refractivity contribution in [2.24, 2.45) is 0 Å². The summed E-state index contributed by atoms with van der Waals surface area (Å²) in [6.07, 6.45) is 3.75. The first kappa shape index (κ1) is 16.7. The van der Waals surface area contributed by atoms with Gasteiger partial charge in [0, 0.05) is 18.2 Å². The number of benzene rings is 2. The van der Waals surface area contributed by atoms with Crippen molar-refractivity contribution in [2.75, 3.05) is 6.54 Å². The molecule has 0 heterocycles. The highest BCUT2D eigenvalue weighted by atomic mass is 19.1. The third-order valence-corrected chi connectivity index (χ3v) is 4.91. The Morgan fingerprint density at radius 3 is 2.67 bits per heavy atom. The second kappa shape index (κ2) is 7.16. The van der Waals surface area contributed by atoms with Crippen LogP contribution in [0.5, 0.6) is 0 Å². The molecule has 0 fully saturated rings. The van der Waals surface area contributed by atoms with E-state index in [9.17, 15) is 9.18 Å². The van der Waals surface area contributed by atoms with Crippen molar-refractivity contribution in [1.82, 2.24) is 4.90 Å². The maximum atomic E-state index is 13.9. The molecule has 126 valence electrons. The van der Waals surface area contributed by atoms with E-state index in [0.29, 0.717) is 17.7 Å². The number of carbonyl (C=O) groups is 1. The number of hydrogen-bond acceptors (Lipinski definition) is 1. The van der Waals surface area contributed by atoms with Crippen LogP contribution in [-0.4, -0.2) is 23.4 Å². The molecule has 0 radical (unpaired) electrons. The standard InChI is InChI=1S/C21H24FNO/c1-3-12-23(21(24)18-9-8-15(2)20(22)14-18)19-11-10-16-6-4-5-7-17(16)13-19/h4-9,14,19H,3,10-13H2,1-2H3. The number of hydrogen-bond donors (Lipinski definition) is 0. The average Bonchev–Trinajstić information content (AvgIpc) is 2.61. The Balaban J connectivity index is 1.84. The van der Waals surface area contributed by atoms with Crippen molar-refractivity contribution in [3.8, 4) is 0 Å². The minimum atomic E-state index is -0.314. The lowest BCUT2D eigenvalue weighted by Gasteiger charge is -2.35. The summed E-state index contributed by atoms with van der Waals surface area (Å²) in [7, 11) is 0. The van der Waals surface area contributed by atoms with Crippen LogP contribution in [0.25, 0.3) is 0 Å². The van der Waals surface area contributed by atoms with Gasteiger partial charge in [0.2, 0.25) is 0 Å². The lowest BCUT2D eigenvalue weighted by Crippen LogP contribution is -2.44. The SMILES string of the molecule is CCCN(C(=O)c1ccc(C)c(F)c1)C1CCc2ccccc2C1. The molecule has 2 aromatic carbocycles. The molecule has 2 nitrogen and oxygen atoms in total. The molecular formula is C21H24FNO. The summed E-state index contributed by atoms with van der Waals surface area (Å²) >= 11 is 0. The molecule has 0 N–H and O–H groups in total. The summed E-state index contributed by atoms with van der Waals surface area (Å²) in [5.74, 6) is -0.369. The van der Waals surface area contributed by atoms with Gasteiger partial charge in [-0.25, -0.2) is 4.39 Å². The Kier molecular flexibility index (Phi) is 4.98. The number of amides is 1. The highest BCUT2D eigenvalue weighted by Gasteiger charge is 2.28. The summed E-state index contributed by atoms with van der Waals surface area (Å²) in [5.41, 5.74) is 3.74. The van der Waals surface area contributed by atoms with Crippen LogP contribution in [0.2, 0.25) is 0 Å². The van der Waals surface area contributed by atoms with Crippen LogP contribution in [-0.2, 0) is 12.8 Å². The first-order valence-electron chi connectivity index (χ1n) is 8.74. The number of nitrogens with zero attached hydrogens (tertiary/aromatic N) is 1. The number of rotatable bonds is 4. The maximum absolute atomic E-state index is 13.9. The molecule has 24 heavy (non-hydrogen) atoms. The third-order valence-electron chi connectivity index (χ3n) is 4.91. The monoisotopic (exact) mass is 325 g/mol. The smallest absolute Gasteiger partial charge is 0.254 e. The van der Waals surface area contributed by atoms with Crippen LogP contribution in [0.4, 0.5) is 4.39 Å². The topological polar surface area (TPSA) is 20.3 Å². The zero-order valence-corrected chi connectivity index (χ0v) is 14.4. The van der Waals surface area contributed by atoms with E-state index in [1.807, 2.05) is 4.90 Å². The molecule has 1 atom stereocenters. The average molecular weight is 325 g/mol. The molecular weight excluding hydrogens is 301 g/mol. The zero-order chi connectivity index (χ0) is 17.1. The van der Waals surface area contributed by atoms with Crippen molar-refractivity contribution in [3.63, 3.8) is 0 Å². The minimum absolute atomic E-state index is 0.0554. The first-order valence-corrected chi connectivity index (χ1v) is 8.74. The van der Waals surface area contributed by atoms with Crippen molar-refractivity contribution in [3.05, 3.63) is 70.5 Å². The highest BCUT2D eigenvalue weighted by molar-refractivity contribution is 5.94. The van der Waals surface area contributed by atoms with E-state index in [2.05, 4.69) is 31.2 Å². The van der Waals surface area contributed by atoms with E-state index in [1.54, 1.807) is 19.1 Å². The second-order valence-electron chi connectivity index (χ2n) is 6.63. The van der Waals surface area contributed by atoms with Crippen LogP contribution in [0.15, 0.2) is 42.5 Å². The van der Waals surface area contributed by atoms with Gasteiger partial charge in [0.25, 0.3) is 5.91 Å². The van der Waals surface area contributed by atoms with Crippen LogP contribution < -0.4 is 0 Å². The van der Waals surface area contributed by atoms with Crippen LogP contribution in [0, 0.1) is 12.7 Å². The molecule has 0 bridgehead atoms. The van der Waals surface area contributed by atoms with Crippen molar-refractivity contribution < 1.29 is 9.18 Å². The van der Waals surface area contributed by atoms with Crippen molar-refractivity contribution in [2.45, 2.75) is 45.6 Å². The number of halogens is 1. The molecule has 1 amide bonds. The van der Waals surface area contributed by atoms with Gasteiger partial charge in [0.15, 0.2) is 0 Å². The molecule has 0 spiro atoms. The Morgan fingerprint density at radius 2 is 1.96 bits per heavy atom. The highest BCUT2D eigenvalue weighted by Crippen LogP contribution is 2.26. The van der Waals surface area contributed by atoms with Gasteiger partial charge in [0.1, 0.15) is 5.82 Å². The number of carbonyl (C=O) groups excluding carboxylic acids is 1. The van der Waals surface area contributed by atoms with E-state index in [4.69, 9.17) is 0 Å². The van der Waals surface area contributed by atoms with Gasteiger partial charge in [-0.05, 0) is 61.4 Å². The molecule has 0 aromatic heterocycles. The van der Waals surface area contributed by atoms with Crippen molar-refractivity contribution in [1.29, 1.82) is 0 Å². The predicted octanol–water partition coefficient (Wildman–Crippen LogP) is 4.54. The third kappa shape index (κ3) is 3.35. The molecule has 2 aromatic rings. The molecule has 3 rings (SSSR count). The van der Waals surface area contributed by atoms with Gasteiger partial charge >= 0.3 is 0 Å². The Bertz CT molecular complexity index is 740. The van der Waals surface area contributed by atoms with Gasteiger partial charge in [-0.2, -0.15) is 0 Å². The molecule has 3 heteroatoms. The van der Waals surface area contributed by atoms with E-state index < -0.39 is 0 Å². The van der Waals surface area contributed by atoms with Gasteiger partial charge in [-0.3, -0.25) is 4.79 Å². The zero-order valence-electron chi connectivity index (χ0n) is 14.4. The van der Waals surface area contributed by atoms with Gasteiger partial charge in [-0.1, -0.05) is 37.3 Å². The molecule has 1 unspecified atom stereocenters. The van der Waals surface area contributed by atoms with Crippen molar-refractivity contribution >= 4 is 5.91 Å². The molecule has 0 aliphatic heterocycles. The Hall–Kier alpha value is -2.16. The summed E-state index contributed by atoms with van der Waals surface area (Å²) in [4.78, 5) is 14.9. The quantitative estimate of drug-likeness (QED) is 0.808. The number of aryl methyl sites for hydroxylation is 2. The summed E-state index contributed by atoms with van der Waals surface area (Å²) in [6.45, 7) is 4.50. The molecule has 0 saturated carbocycles. The van der Waals surface area contributed by atoms with Gasteiger partial charge < -0.3 is 4.90 Å². The van der Waals surface area contributed by atoms with Gasteiger partial charge in [-0.15, -0.1) is 0 Å². The molecule has 1 aliphatic carbocycles. The minimum Gasteiger partial charge on any atom is -0.335 e. The number of fused-ring (bicyclic) bond motifs is 1. The largest absolute Gasteiger partial charge is 0.335 e. The lowest BCUT2D eigenvalue weighted by molar-refractivity contribution is 0.0661. The fourth-order valence-corrected chi connectivity index (χ4v) is 3.53. The lowest BCUT2D eigenvalue weighted by atomic mass is 9.87. The predicted molar refractivity (Wildman–Crippen MR) is 94.7 cm³/mol. The van der Waals surface area contributed by atoms with Crippen LogP contribution in [0.3, 0.4) is 0 Å². The van der Waals surface area contributed by atoms with E-state index >= 15 is 0 Å². The van der Waals surface area contributed by atoms with Gasteiger partial charge in [0.05, 0.1) is 0 Å². The summed E-state index contributed by atoms with van der Waals surface area (Å²) < 4.78 is 13.9. The second-order valence-corrected chi connectivity index (χ2v) is 6.63. The Labute approximate surface area is 143 Å². The van der Waals surface area contributed by atoms with Crippen LogP contribution in [0.1, 0.15) is 46.8 Å². The first-order chi connectivity index (χ1) is 11.6. The fourth-order valence-electron chi connectivity index (χ4n) is 3.53. The summed E-state index contributed by atoms with van der Waals surface area (Å²) in [6, 6.07) is 13.4. The summed E-state index contributed by atoms with van der Waals surface area (Å²) in [5, 5.41) is 0. The molecule has 0 saturated heterocycles. The normalized spacial score (nSPS) is 16.5. The van der Waals surface area contributed by atoms with E-state index in [0.717, 1.165) is 25.7 Å². The maximum Gasteiger partial charge on any atom is 0.254 e. The van der Waals surface area contributed by atoms with Crippen LogP contribution >= 0.6 is 0 Å². The Morgan fingerprint density at radius 1 is 1.21 bits per heavy atom. The van der Waals surface area contributed by atoms with E-state index in [1.165, 1.54) is 17.2 Å².